The Bertz CT molecular complexity index is 861. The summed E-state index contributed by atoms with van der Waals surface area (Å²) in [5.41, 5.74) is 6.79. The molecule has 1 aromatic heterocycles. The molecule has 2 bridgehead atoms. The van der Waals surface area contributed by atoms with E-state index in [0.717, 1.165) is 31.4 Å². The number of hydrogen-bond acceptors (Lipinski definition) is 6. The van der Waals surface area contributed by atoms with Crippen molar-refractivity contribution < 1.29 is 17.7 Å². The lowest BCUT2D eigenvalue weighted by Crippen LogP contribution is -2.57. The van der Waals surface area contributed by atoms with Crippen LogP contribution in [0.5, 0.6) is 0 Å². The van der Waals surface area contributed by atoms with E-state index >= 15 is 0 Å². The number of nitrogens with zero attached hydrogens (tertiary/aromatic N) is 3. The number of carbonyl (C=O) groups excluding carboxylic acids is 1. The van der Waals surface area contributed by atoms with Crippen LogP contribution in [0.15, 0.2) is 10.6 Å². The van der Waals surface area contributed by atoms with Crippen LogP contribution in [0.2, 0.25) is 0 Å². The van der Waals surface area contributed by atoms with E-state index in [1.165, 1.54) is 0 Å². The standard InChI is InChI=1S/C19H29N5O4S/c20-13-5-7-23(8-6-13)29(26,27)24-15-3-4-16(24)10-14(9-15)21-19(25)18-11-17(22-28-18)12-1-2-12/h11-16H,1-10,20H2,(H,21,25)/t14-,15+,16-. The summed E-state index contributed by atoms with van der Waals surface area (Å²) >= 11 is 0. The highest BCUT2D eigenvalue weighted by atomic mass is 32.2. The molecule has 1 saturated carbocycles. The van der Waals surface area contributed by atoms with E-state index in [1.807, 2.05) is 0 Å². The SMILES string of the molecule is NC1CCN(S(=O)(=O)N2[C@@H]3CC[C@H]2C[C@@H](NC(=O)c2cc(C4CC4)no2)C3)CC1. The van der Waals surface area contributed by atoms with Crippen molar-refractivity contribution in [2.75, 3.05) is 13.1 Å². The number of amides is 1. The molecule has 4 aliphatic rings. The second-order valence-electron chi connectivity index (χ2n) is 8.99. The Kier molecular flexibility index (Phi) is 4.92. The predicted molar refractivity (Wildman–Crippen MR) is 105 cm³/mol. The number of nitrogens with one attached hydrogen (secondary N) is 1. The lowest BCUT2D eigenvalue weighted by Gasteiger charge is -2.41. The maximum Gasteiger partial charge on any atom is 0.290 e. The van der Waals surface area contributed by atoms with Gasteiger partial charge in [-0.15, -0.1) is 0 Å². The van der Waals surface area contributed by atoms with Gasteiger partial charge in [-0.25, -0.2) is 0 Å². The average Bonchev–Trinajstić information content (AvgIpc) is 3.34. The topological polar surface area (TPSA) is 122 Å². The Labute approximate surface area is 171 Å². The normalized spacial score (nSPS) is 31.8. The molecule has 1 aliphatic carbocycles. The molecule has 3 N–H and O–H groups in total. The lowest BCUT2D eigenvalue weighted by molar-refractivity contribution is 0.0869. The predicted octanol–water partition coefficient (Wildman–Crippen LogP) is 0.945. The van der Waals surface area contributed by atoms with Crippen molar-refractivity contribution >= 4 is 16.1 Å². The Morgan fingerprint density at radius 3 is 2.38 bits per heavy atom. The van der Waals surface area contributed by atoms with E-state index in [4.69, 9.17) is 10.3 Å². The molecule has 1 amide bonds. The Morgan fingerprint density at radius 2 is 1.76 bits per heavy atom. The molecule has 29 heavy (non-hydrogen) atoms. The van der Waals surface area contributed by atoms with Gasteiger partial charge in [0.15, 0.2) is 0 Å². The highest BCUT2D eigenvalue weighted by Crippen LogP contribution is 2.40. The van der Waals surface area contributed by atoms with Crippen molar-refractivity contribution in [3.63, 3.8) is 0 Å². The van der Waals surface area contributed by atoms with Crippen LogP contribution in [0.3, 0.4) is 0 Å². The maximum absolute atomic E-state index is 13.2. The smallest absolute Gasteiger partial charge is 0.290 e. The van der Waals surface area contributed by atoms with Crippen molar-refractivity contribution in [1.82, 2.24) is 19.1 Å². The summed E-state index contributed by atoms with van der Waals surface area (Å²) in [5.74, 6) is 0.433. The number of nitrogens with two attached hydrogens (primary N) is 1. The maximum atomic E-state index is 13.2. The number of rotatable bonds is 5. The third-order valence-corrected chi connectivity index (χ3v) is 8.99. The van der Waals surface area contributed by atoms with E-state index in [-0.39, 0.29) is 35.8 Å². The summed E-state index contributed by atoms with van der Waals surface area (Å²) in [6.45, 7) is 0.989. The largest absolute Gasteiger partial charge is 0.351 e. The second-order valence-corrected chi connectivity index (χ2v) is 10.8. The molecule has 4 fully saturated rings. The molecular formula is C19H29N5O4S. The van der Waals surface area contributed by atoms with Gasteiger partial charge in [-0.1, -0.05) is 5.16 Å². The minimum Gasteiger partial charge on any atom is -0.351 e. The summed E-state index contributed by atoms with van der Waals surface area (Å²) in [5, 5.41) is 7.04. The van der Waals surface area contributed by atoms with Gasteiger partial charge in [-0.3, -0.25) is 4.79 Å². The van der Waals surface area contributed by atoms with Crippen LogP contribution in [-0.2, 0) is 10.2 Å². The van der Waals surface area contributed by atoms with Gasteiger partial charge < -0.3 is 15.6 Å². The molecule has 0 radical (unpaired) electrons. The zero-order valence-corrected chi connectivity index (χ0v) is 17.3. The van der Waals surface area contributed by atoms with Crippen molar-refractivity contribution in [2.24, 2.45) is 5.73 Å². The highest BCUT2D eigenvalue weighted by Gasteiger charge is 2.49. The fraction of sp³-hybridized carbons (Fsp3) is 0.789. The minimum atomic E-state index is -3.48. The molecule has 5 rings (SSSR count). The quantitative estimate of drug-likeness (QED) is 0.727. The summed E-state index contributed by atoms with van der Waals surface area (Å²) in [6.07, 6.45) is 6.59. The van der Waals surface area contributed by atoms with Crippen LogP contribution in [0.4, 0.5) is 0 Å². The molecular weight excluding hydrogens is 394 g/mol. The fourth-order valence-corrected chi connectivity index (χ4v) is 7.17. The average molecular weight is 424 g/mol. The molecule has 0 spiro atoms. The molecule has 10 heteroatoms. The van der Waals surface area contributed by atoms with Crippen LogP contribution < -0.4 is 11.1 Å². The first-order valence-electron chi connectivity index (χ1n) is 10.7. The van der Waals surface area contributed by atoms with Gasteiger partial charge in [0, 0.05) is 49.2 Å². The molecule has 1 aromatic rings. The van der Waals surface area contributed by atoms with Gasteiger partial charge in [0.2, 0.25) is 5.76 Å². The summed E-state index contributed by atoms with van der Waals surface area (Å²) in [7, 11) is -3.48. The van der Waals surface area contributed by atoms with Crippen molar-refractivity contribution in [3.8, 4) is 0 Å². The second kappa shape index (κ2) is 7.33. The monoisotopic (exact) mass is 423 g/mol. The number of aromatic nitrogens is 1. The lowest BCUT2D eigenvalue weighted by atomic mass is 9.99. The zero-order valence-electron chi connectivity index (χ0n) is 16.5. The van der Waals surface area contributed by atoms with Crippen molar-refractivity contribution in [2.45, 2.75) is 81.5 Å². The van der Waals surface area contributed by atoms with Gasteiger partial charge >= 0.3 is 0 Å². The minimum absolute atomic E-state index is 0.0456. The number of hydrogen-bond donors (Lipinski definition) is 2. The molecule has 4 heterocycles. The number of carbonyl (C=O) groups is 1. The molecule has 3 atom stereocenters. The third kappa shape index (κ3) is 3.71. The molecule has 3 saturated heterocycles. The van der Waals surface area contributed by atoms with E-state index in [1.54, 1.807) is 14.7 Å². The van der Waals surface area contributed by atoms with Crippen molar-refractivity contribution in [1.29, 1.82) is 0 Å². The number of piperidine rings is 2. The van der Waals surface area contributed by atoms with Gasteiger partial charge in [0.1, 0.15) is 0 Å². The molecule has 0 unspecified atom stereocenters. The van der Waals surface area contributed by atoms with Gasteiger partial charge in [-0.2, -0.15) is 17.0 Å². The zero-order chi connectivity index (χ0) is 20.2. The van der Waals surface area contributed by atoms with Gasteiger partial charge in [0.05, 0.1) is 5.69 Å². The first kappa shape index (κ1) is 19.5. The molecule has 3 aliphatic heterocycles. The van der Waals surface area contributed by atoms with Crippen LogP contribution in [0.1, 0.15) is 73.5 Å². The van der Waals surface area contributed by atoms with Crippen LogP contribution in [-0.4, -0.2) is 65.3 Å². The first-order chi connectivity index (χ1) is 13.9. The highest BCUT2D eigenvalue weighted by molar-refractivity contribution is 7.86. The van der Waals surface area contributed by atoms with E-state index in [0.29, 0.717) is 44.7 Å². The molecule has 0 aromatic carbocycles. The summed E-state index contributed by atoms with van der Waals surface area (Å²) < 4.78 is 35.0. The Balaban J connectivity index is 1.23. The van der Waals surface area contributed by atoms with Gasteiger partial charge in [0.25, 0.3) is 16.1 Å². The van der Waals surface area contributed by atoms with Gasteiger partial charge in [-0.05, 0) is 51.4 Å². The molecule has 9 nitrogen and oxygen atoms in total. The summed E-state index contributed by atoms with van der Waals surface area (Å²) in [4.78, 5) is 12.6. The third-order valence-electron chi connectivity index (χ3n) is 6.84. The van der Waals surface area contributed by atoms with Crippen LogP contribution in [0, 0.1) is 0 Å². The molecule has 160 valence electrons. The fourth-order valence-electron chi connectivity index (χ4n) is 5.09. The van der Waals surface area contributed by atoms with E-state index in [2.05, 4.69) is 10.5 Å². The number of fused-ring (bicyclic) bond motifs is 2. The summed E-state index contributed by atoms with van der Waals surface area (Å²) in [6, 6.07) is 1.67. The van der Waals surface area contributed by atoms with Crippen LogP contribution >= 0.6 is 0 Å². The van der Waals surface area contributed by atoms with Crippen molar-refractivity contribution in [3.05, 3.63) is 17.5 Å². The first-order valence-corrected chi connectivity index (χ1v) is 12.1. The Hall–Kier alpha value is -1.49. The Morgan fingerprint density at radius 1 is 1.10 bits per heavy atom. The van der Waals surface area contributed by atoms with Crippen LogP contribution in [0.25, 0.3) is 0 Å². The van der Waals surface area contributed by atoms with E-state index in [9.17, 15) is 13.2 Å². The van der Waals surface area contributed by atoms with E-state index < -0.39 is 10.2 Å².